The normalized spacial score (nSPS) is 18.0. The topological polar surface area (TPSA) is 39.1 Å². The highest BCUT2D eigenvalue weighted by Gasteiger charge is 2.49. The fraction of sp³-hybridized carbons (Fsp3) is 0. The van der Waals surface area contributed by atoms with E-state index in [2.05, 4.69) is 54.1 Å². The molecule has 2 aliphatic heterocycles. The van der Waals surface area contributed by atoms with Gasteiger partial charge in [-0.15, -0.1) is 0 Å². The second-order valence-corrected chi connectivity index (χ2v) is 7.33. The number of aromatic hydroxyl groups is 1. The van der Waals surface area contributed by atoms with E-state index < -0.39 is 0 Å². The number of allylic oxidation sites excluding steroid dienone is 14. The Morgan fingerprint density at radius 3 is 2.29 bits per heavy atom. The van der Waals surface area contributed by atoms with E-state index >= 15 is 0 Å². The number of aliphatic imine (C=N–C) groups is 1. The summed E-state index contributed by atoms with van der Waals surface area (Å²) in [6.07, 6.45) is 21.7. The van der Waals surface area contributed by atoms with Crippen molar-refractivity contribution in [2.45, 2.75) is 0 Å². The highest BCUT2D eigenvalue weighted by Crippen LogP contribution is 2.50. The van der Waals surface area contributed by atoms with Crippen LogP contribution in [-0.4, -0.2) is 18.3 Å². The number of anilines is 2. The van der Waals surface area contributed by atoms with E-state index in [1.807, 2.05) is 42.5 Å². The Balaban J connectivity index is 2.49. The quantitative estimate of drug-likeness (QED) is 0.260. The lowest BCUT2D eigenvalue weighted by molar-refractivity contribution is 0.475. The predicted molar refractivity (Wildman–Crippen MR) is 149 cm³/mol. The van der Waals surface area contributed by atoms with Gasteiger partial charge in [0.05, 0.1) is 11.4 Å². The third-order valence-electron chi connectivity index (χ3n) is 5.38. The minimum absolute atomic E-state index is 0.154. The Kier molecular flexibility index (Phi) is 7.73. The number of fused-ring (bicyclic) bond motifs is 3. The van der Waals surface area contributed by atoms with E-state index in [0.29, 0.717) is 5.82 Å². The standard InChI is InChI=1S/C29H28BN3O/c1-7-13-17-26-23(12-6)24(14-8-2)25(15-9-3)30-32(26)27-19-18-22(34)21-28(27)33(30)29(16-10-4)31-20-11-5/h7-21,34H,1-6H2/b17-13-,24-14-,25-15+,29-16+,31-20-. The molecule has 0 spiro atoms. The van der Waals surface area contributed by atoms with Crippen LogP contribution in [0.15, 0.2) is 158 Å². The molecular weight excluding hydrogens is 417 g/mol. The number of rotatable bonds is 9. The molecule has 168 valence electrons. The fourth-order valence-electron chi connectivity index (χ4n) is 4.21. The van der Waals surface area contributed by atoms with Crippen LogP contribution >= 0.6 is 0 Å². The van der Waals surface area contributed by atoms with E-state index in [9.17, 15) is 5.11 Å². The van der Waals surface area contributed by atoms with Crippen molar-refractivity contribution < 1.29 is 5.11 Å². The summed E-state index contributed by atoms with van der Waals surface area (Å²) in [6.45, 7) is 23.1. The van der Waals surface area contributed by atoms with Crippen molar-refractivity contribution in [3.63, 3.8) is 0 Å². The Labute approximate surface area is 202 Å². The van der Waals surface area contributed by atoms with Crippen molar-refractivity contribution in [3.05, 3.63) is 153 Å². The third-order valence-corrected chi connectivity index (χ3v) is 5.38. The Morgan fingerprint density at radius 1 is 0.912 bits per heavy atom. The first-order chi connectivity index (χ1) is 16.6. The van der Waals surface area contributed by atoms with Gasteiger partial charge in [-0.2, -0.15) is 0 Å². The molecular formula is C29H28BN3O. The van der Waals surface area contributed by atoms with E-state index in [-0.39, 0.29) is 12.7 Å². The highest BCUT2D eigenvalue weighted by molar-refractivity contribution is 6.79. The minimum Gasteiger partial charge on any atom is -0.508 e. The maximum atomic E-state index is 10.4. The second-order valence-electron chi connectivity index (χ2n) is 7.33. The molecule has 0 saturated heterocycles. The average Bonchev–Trinajstić information content (AvgIpc) is 3.16. The van der Waals surface area contributed by atoms with Gasteiger partial charge in [0.25, 0.3) is 0 Å². The van der Waals surface area contributed by atoms with Crippen LogP contribution in [0.1, 0.15) is 0 Å². The number of phenols is 1. The van der Waals surface area contributed by atoms with Gasteiger partial charge in [-0.1, -0.05) is 94.2 Å². The van der Waals surface area contributed by atoms with Crippen LogP contribution in [0.4, 0.5) is 11.4 Å². The summed E-state index contributed by atoms with van der Waals surface area (Å²) in [4.78, 5) is 8.88. The first kappa shape index (κ1) is 24.1. The number of hydrogen-bond acceptors (Lipinski definition) is 4. The van der Waals surface area contributed by atoms with Crippen LogP contribution in [0, 0.1) is 0 Å². The van der Waals surface area contributed by atoms with E-state index in [0.717, 1.165) is 33.7 Å². The summed E-state index contributed by atoms with van der Waals surface area (Å²) in [5.74, 6) is 0.790. The Morgan fingerprint density at radius 2 is 1.68 bits per heavy atom. The van der Waals surface area contributed by atoms with Gasteiger partial charge in [0.15, 0.2) is 0 Å². The number of phenolic OH excluding ortho intramolecular Hbond substituents is 1. The van der Waals surface area contributed by atoms with Crippen molar-refractivity contribution in [2.24, 2.45) is 4.99 Å². The predicted octanol–water partition coefficient (Wildman–Crippen LogP) is 6.75. The molecule has 0 saturated carbocycles. The van der Waals surface area contributed by atoms with E-state index in [4.69, 9.17) is 0 Å². The molecule has 0 aromatic heterocycles. The second kappa shape index (κ2) is 10.9. The molecule has 0 bridgehead atoms. The fourth-order valence-corrected chi connectivity index (χ4v) is 4.21. The summed E-state index contributed by atoms with van der Waals surface area (Å²) in [5, 5.41) is 10.4. The minimum atomic E-state index is -0.331. The molecule has 0 atom stereocenters. The average molecular weight is 445 g/mol. The van der Waals surface area contributed by atoms with Crippen molar-refractivity contribution in [3.8, 4) is 5.75 Å². The summed E-state index contributed by atoms with van der Waals surface area (Å²) >= 11 is 0. The third kappa shape index (κ3) is 4.24. The molecule has 0 aliphatic carbocycles. The van der Waals surface area contributed by atoms with Crippen LogP contribution in [0.25, 0.3) is 0 Å². The van der Waals surface area contributed by atoms with E-state index in [1.54, 1.807) is 48.7 Å². The maximum absolute atomic E-state index is 10.4. The van der Waals surface area contributed by atoms with Gasteiger partial charge in [-0.25, -0.2) is 4.99 Å². The number of hydrogen-bond donors (Lipinski definition) is 1. The smallest absolute Gasteiger partial charge is 0.422 e. The van der Waals surface area contributed by atoms with Gasteiger partial charge in [0, 0.05) is 23.6 Å². The number of nitrogens with zero attached hydrogens (tertiary/aromatic N) is 3. The highest BCUT2D eigenvalue weighted by atomic mass is 16.3. The molecule has 0 radical (unpaired) electrons. The van der Waals surface area contributed by atoms with Crippen LogP contribution in [0.5, 0.6) is 5.75 Å². The monoisotopic (exact) mass is 445 g/mol. The van der Waals surface area contributed by atoms with Crippen LogP contribution in [0.3, 0.4) is 0 Å². The number of benzene rings is 1. The summed E-state index contributed by atoms with van der Waals surface area (Å²) in [7, 11) is 0. The lowest BCUT2D eigenvalue weighted by Gasteiger charge is -2.38. The molecule has 0 amide bonds. The molecule has 1 aromatic carbocycles. The lowest BCUT2D eigenvalue weighted by Crippen LogP contribution is -2.51. The lowest BCUT2D eigenvalue weighted by atomic mass is 9.57. The zero-order valence-electron chi connectivity index (χ0n) is 19.3. The Hall–Kier alpha value is -4.51. The molecule has 2 heterocycles. The van der Waals surface area contributed by atoms with Gasteiger partial charge < -0.3 is 14.7 Å². The van der Waals surface area contributed by atoms with Crippen molar-refractivity contribution in [1.29, 1.82) is 0 Å². The molecule has 3 rings (SSSR count). The van der Waals surface area contributed by atoms with E-state index in [1.165, 1.54) is 0 Å². The SMILES string of the molecule is C=C/C=C\C1=C(C=C)C(=C/C=C)/C(=C\C=C)B2N1c1ccc(O)cc1N2C(=C/C=C)/N=C\C=C. The van der Waals surface area contributed by atoms with Gasteiger partial charge in [0.1, 0.15) is 11.6 Å². The summed E-state index contributed by atoms with van der Waals surface area (Å²) in [6, 6.07) is 5.31. The summed E-state index contributed by atoms with van der Waals surface area (Å²) < 4.78 is 0. The van der Waals surface area contributed by atoms with Gasteiger partial charge in [-0.05, 0) is 35.3 Å². The molecule has 5 heteroatoms. The van der Waals surface area contributed by atoms with Crippen molar-refractivity contribution >= 4 is 24.6 Å². The first-order valence-electron chi connectivity index (χ1n) is 10.8. The zero-order chi connectivity index (χ0) is 24.7. The van der Waals surface area contributed by atoms with Crippen LogP contribution in [-0.2, 0) is 0 Å². The first-order valence-corrected chi connectivity index (χ1v) is 10.8. The maximum Gasteiger partial charge on any atom is 0.422 e. The Bertz CT molecular complexity index is 1240. The molecule has 0 unspecified atom stereocenters. The molecule has 34 heavy (non-hydrogen) atoms. The molecule has 1 N–H and O–H groups in total. The van der Waals surface area contributed by atoms with Gasteiger partial charge >= 0.3 is 6.98 Å². The summed E-state index contributed by atoms with van der Waals surface area (Å²) in [5.41, 5.74) is 5.49. The van der Waals surface area contributed by atoms with Crippen molar-refractivity contribution in [1.82, 2.24) is 0 Å². The molecule has 0 fully saturated rings. The van der Waals surface area contributed by atoms with Crippen LogP contribution < -0.4 is 9.62 Å². The van der Waals surface area contributed by atoms with Gasteiger partial charge in [0.2, 0.25) is 0 Å². The molecule has 2 aliphatic rings. The zero-order valence-corrected chi connectivity index (χ0v) is 19.3. The van der Waals surface area contributed by atoms with Crippen LogP contribution in [0.2, 0.25) is 0 Å². The van der Waals surface area contributed by atoms with Gasteiger partial charge in [-0.3, -0.25) is 0 Å². The van der Waals surface area contributed by atoms with Crippen molar-refractivity contribution in [2.75, 3.05) is 9.62 Å². The largest absolute Gasteiger partial charge is 0.508 e. The molecule has 1 aromatic rings. The molecule has 4 nitrogen and oxygen atoms in total.